The highest BCUT2D eigenvalue weighted by Crippen LogP contribution is 2.40. The lowest BCUT2D eigenvalue weighted by Gasteiger charge is -2.42. The van der Waals surface area contributed by atoms with Crippen LogP contribution < -0.4 is 9.64 Å². The van der Waals surface area contributed by atoms with Crippen molar-refractivity contribution in [2.24, 2.45) is 0 Å². The van der Waals surface area contributed by atoms with Crippen LogP contribution in [0.1, 0.15) is 48.4 Å². The van der Waals surface area contributed by atoms with Crippen molar-refractivity contribution in [2.45, 2.75) is 56.5 Å². The number of halogens is 1. The van der Waals surface area contributed by atoms with Gasteiger partial charge in [0, 0.05) is 31.2 Å². The van der Waals surface area contributed by atoms with Crippen molar-refractivity contribution in [1.29, 1.82) is 5.26 Å². The van der Waals surface area contributed by atoms with E-state index in [1.807, 2.05) is 24.3 Å². The second-order valence-electron chi connectivity index (χ2n) is 11.9. The first-order valence-corrected chi connectivity index (χ1v) is 15.0. The van der Waals surface area contributed by atoms with Gasteiger partial charge in [0.25, 0.3) is 5.91 Å². The molecule has 3 atom stereocenters. The number of carbonyl (C=O) groups is 1. The summed E-state index contributed by atoms with van der Waals surface area (Å²) in [4.78, 5) is 28.1. The van der Waals surface area contributed by atoms with E-state index in [0.717, 1.165) is 65.6 Å². The Hall–Kier alpha value is -4.23. The van der Waals surface area contributed by atoms with Gasteiger partial charge >= 0.3 is 6.01 Å². The molecule has 0 bridgehead atoms. The molecule has 6 rings (SSSR count). The van der Waals surface area contributed by atoms with E-state index in [9.17, 15) is 19.6 Å². The Morgan fingerprint density at radius 3 is 2.79 bits per heavy atom. The molecule has 2 aliphatic heterocycles. The number of hydrogen-bond donors (Lipinski definition) is 1. The standard InChI is InChI=1S/C33H37FN6O3/c1-21(34)32(42)40-15-14-39(19-24(40)11-12-35)31-28-10-9-23(29-18-26(41)16-22-6-3-4-8-27(22)29)17-30(28)36-33(37-31)43-20-25-7-5-13-38(25)2/h3-4,6,8,16,18,23-25,41H,1,5,7,9-11,13-15,17,19-20H2,2H3/t23?,24?,25-/m0/s1. The number of aromatic nitrogens is 2. The molecular weight excluding hydrogens is 547 g/mol. The van der Waals surface area contributed by atoms with Crippen molar-refractivity contribution in [3.8, 4) is 17.8 Å². The van der Waals surface area contributed by atoms with Crippen molar-refractivity contribution in [2.75, 3.05) is 44.7 Å². The number of likely N-dealkylation sites (N-methyl/N-ethyl adjacent to an activating group) is 1. The van der Waals surface area contributed by atoms with Crippen molar-refractivity contribution >= 4 is 22.5 Å². The first kappa shape index (κ1) is 28.9. The fourth-order valence-corrected chi connectivity index (χ4v) is 6.94. The van der Waals surface area contributed by atoms with Crippen molar-refractivity contribution in [1.82, 2.24) is 19.8 Å². The summed E-state index contributed by atoms with van der Waals surface area (Å²) in [6.07, 6.45) is 4.52. The Morgan fingerprint density at radius 2 is 2.02 bits per heavy atom. The summed E-state index contributed by atoms with van der Waals surface area (Å²) in [6.45, 7) is 5.76. The van der Waals surface area contributed by atoms with E-state index in [0.29, 0.717) is 38.2 Å². The number of rotatable bonds is 7. The van der Waals surface area contributed by atoms with Crippen LogP contribution in [0.15, 0.2) is 48.8 Å². The Labute approximate surface area is 251 Å². The topological polar surface area (TPSA) is 106 Å². The van der Waals surface area contributed by atoms with E-state index >= 15 is 0 Å². The predicted octanol–water partition coefficient (Wildman–Crippen LogP) is 4.49. The molecule has 2 saturated heterocycles. The molecule has 1 aliphatic carbocycles. The molecule has 0 spiro atoms. The third kappa shape index (κ3) is 5.87. The van der Waals surface area contributed by atoms with Crippen LogP contribution in [0.25, 0.3) is 10.8 Å². The highest BCUT2D eigenvalue weighted by molar-refractivity contribution is 5.91. The van der Waals surface area contributed by atoms with Crippen LogP contribution in [0.5, 0.6) is 11.8 Å². The number of piperazine rings is 1. The lowest BCUT2D eigenvalue weighted by atomic mass is 9.80. The van der Waals surface area contributed by atoms with Crippen LogP contribution in [0.2, 0.25) is 0 Å². The molecule has 1 amide bonds. The van der Waals surface area contributed by atoms with Crippen molar-refractivity contribution < 1.29 is 19.0 Å². The number of phenols is 1. The third-order valence-electron chi connectivity index (χ3n) is 9.23. The highest BCUT2D eigenvalue weighted by Gasteiger charge is 2.35. The number of aromatic hydroxyl groups is 1. The van der Waals surface area contributed by atoms with Gasteiger partial charge in [0.15, 0.2) is 5.83 Å². The van der Waals surface area contributed by atoms with E-state index in [1.54, 1.807) is 6.07 Å². The molecule has 1 aromatic heterocycles. The van der Waals surface area contributed by atoms with Crippen LogP contribution in [0, 0.1) is 11.3 Å². The normalized spacial score (nSPS) is 22.3. The maximum atomic E-state index is 13.8. The molecule has 0 saturated carbocycles. The van der Waals surface area contributed by atoms with Crippen molar-refractivity contribution in [3.05, 3.63) is 65.6 Å². The van der Waals surface area contributed by atoms with E-state index in [1.165, 1.54) is 4.90 Å². The number of nitrogens with zero attached hydrogens (tertiary/aromatic N) is 6. The lowest BCUT2D eigenvalue weighted by molar-refractivity contribution is -0.131. The minimum atomic E-state index is -1.02. The summed E-state index contributed by atoms with van der Waals surface area (Å²) in [5.41, 5.74) is 3.05. The largest absolute Gasteiger partial charge is 0.508 e. The Morgan fingerprint density at radius 1 is 1.19 bits per heavy atom. The van der Waals surface area contributed by atoms with Gasteiger partial charge in [-0.25, -0.2) is 4.39 Å². The monoisotopic (exact) mass is 584 g/mol. The number of nitriles is 1. The van der Waals surface area contributed by atoms with Crippen LogP contribution >= 0.6 is 0 Å². The van der Waals surface area contributed by atoms with Gasteiger partial charge < -0.3 is 24.5 Å². The number of carbonyl (C=O) groups excluding carboxylic acids is 1. The van der Waals surface area contributed by atoms with Crippen LogP contribution in [-0.2, 0) is 17.6 Å². The van der Waals surface area contributed by atoms with E-state index in [4.69, 9.17) is 14.7 Å². The average Bonchev–Trinajstić information content (AvgIpc) is 3.42. The quantitative estimate of drug-likeness (QED) is 0.405. The fraction of sp³-hybridized carbons (Fsp3) is 0.455. The summed E-state index contributed by atoms with van der Waals surface area (Å²) >= 11 is 0. The van der Waals surface area contributed by atoms with E-state index < -0.39 is 17.8 Å². The Balaban J connectivity index is 1.34. The number of hydrogen-bond acceptors (Lipinski definition) is 8. The molecule has 43 heavy (non-hydrogen) atoms. The van der Waals surface area contributed by atoms with Gasteiger partial charge in [-0.3, -0.25) is 4.79 Å². The van der Waals surface area contributed by atoms with Crippen LogP contribution in [-0.4, -0.2) is 82.7 Å². The summed E-state index contributed by atoms with van der Waals surface area (Å²) in [5.74, 6) is -0.630. The summed E-state index contributed by atoms with van der Waals surface area (Å²) in [6, 6.07) is 14.1. The zero-order valence-corrected chi connectivity index (χ0v) is 24.5. The predicted molar refractivity (Wildman–Crippen MR) is 162 cm³/mol. The van der Waals surface area contributed by atoms with Gasteiger partial charge in [-0.15, -0.1) is 0 Å². The molecule has 10 heteroatoms. The Kier molecular flexibility index (Phi) is 8.17. The SMILES string of the molecule is C=C(F)C(=O)N1CCN(c2nc(OC[C@@H]3CCCN3C)nc3c2CCC(c2cc(O)cc4ccccc24)C3)CC1CC#N. The Bertz CT molecular complexity index is 1590. The number of ether oxygens (including phenoxy) is 1. The number of amides is 1. The number of benzene rings is 2. The molecule has 9 nitrogen and oxygen atoms in total. The summed E-state index contributed by atoms with van der Waals surface area (Å²) < 4.78 is 20.0. The van der Waals surface area contributed by atoms with Gasteiger partial charge in [-0.2, -0.15) is 15.2 Å². The molecular formula is C33H37FN6O3. The van der Waals surface area contributed by atoms with Gasteiger partial charge in [-0.05, 0) is 80.1 Å². The van der Waals surface area contributed by atoms with Gasteiger partial charge in [0.05, 0.1) is 24.2 Å². The van der Waals surface area contributed by atoms with Gasteiger partial charge in [0.2, 0.25) is 0 Å². The molecule has 3 aromatic rings. The molecule has 224 valence electrons. The molecule has 2 aromatic carbocycles. The number of likely N-dealkylation sites (tertiary alicyclic amines) is 1. The van der Waals surface area contributed by atoms with Crippen LogP contribution in [0.4, 0.5) is 10.2 Å². The van der Waals surface area contributed by atoms with Crippen molar-refractivity contribution in [3.63, 3.8) is 0 Å². The second-order valence-corrected chi connectivity index (χ2v) is 11.9. The third-order valence-corrected chi connectivity index (χ3v) is 9.23. The molecule has 1 N–H and O–H groups in total. The first-order valence-electron chi connectivity index (χ1n) is 15.0. The number of phenolic OH excluding ortho intramolecular Hbond substituents is 1. The minimum Gasteiger partial charge on any atom is -0.508 e. The zero-order valence-electron chi connectivity index (χ0n) is 24.5. The highest BCUT2D eigenvalue weighted by atomic mass is 19.1. The smallest absolute Gasteiger partial charge is 0.318 e. The van der Waals surface area contributed by atoms with Crippen LogP contribution in [0.3, 0.4) is 0 Å². The second kappa shape index (κ2) is 12.2. The first-order chi connectivity index (χ1) is 20.8. The van der Waals surface area contributed by atoms with Gasteiger partial charge in [-0.1, -0.05) is 30.8 Å². The average molecular weight is 585 g/mol. The molecule has 2 unspecified atom stereocenters. The molecule has 3 heterocycles. The maximum absolute atomic E-state index is 13.8. The number of anilines is 1. The fourth-order valence-electron chi connectivity index (χ4n) is 6.94. The lowest BCUT2D eigenvalue weighted by Crippen LogP contribution is -2.55. The molecule has 3 aliphatic rings. The summed E-state index contributed by atoms with van der Waals surface area (Å²) in [5, 5.41) is 22.1. The minimum absolute atomic E-state index is 0.0762. The molecule has 2 fully saturated rings. The zero-order chi connectivity index (χ0) is 30.1. The summed E-state index contributed by atoms with van der Waals surface area (Å²) in [7, 11) is 2.10. The maximum Gasteiger partial charge on any atom is 0.318 e. The molecule has 0 radical (unpaired) electrons. The van der Waals surface area contributed by atoms with E-state index in [-0.39, 0.29) is 24.6 Å². The van der Waals surface area contributed by atoms with E-state index in [2.05, 4.69) is 35.6 Å². The number of fused-ring (bicyclic) bond motifs is 2. The van der Waals surface area contributed by atoms with Gasteiger partial charge in [0.1, 0.15) is 18.2 Å².